The summed E-state index contributed by atoms with van der Waals surface area (Å²) in [4.78, 5) is 11.9. The molecule has 6 heteroatoms. The molecular formula is C13H8Cl2N2O2. The lowest BCUT2D eigenvalue weighted by Gasteiger charge is -2.02. The van der Waals surface area contributed by atoms with E-state index in [0.29, 0.717) is 5.76 Å². The Morgan fingerprint density at radius 3 is 2.84 bits per heavy atom. The summed E-state index contributed by atoms with van der Waals surface area (Å²) in [6.45, 7) is 0.213. The van der Waals surface area contributed by atoms with Crippen LogP contribution < -0.4 is 5.56 Å². The minimum absolute atomic E-state index is 0.0345. The van der Waals surface area contributed by atoms with Crippen molar-refractivity contribution in [3.8, 4) is 0 Å². The number of furan rings is 1. The van der Waals surface area contributed by atoms with Gasteiger partial charge in [-0.2, -0.15) is 5.10 Å². The molecule has 0 aliphatic rings. The van der Waals surface area contributed by atoms with Crippen molar-refractivity contribution in [1.82, 2.24) is 9.78 Å². The van der Waals surface area contributed by atoms with Gasteiger partial charge in [0, 0.05) is 5.39 Å². The van der Waals surface area contributed by atoms with Gasteiger partial charge in [-0.25, -0.2) is 4.68 Å². The second-order valence-electron chi connectivity index (χ2n) is 4.02. The lowest BCUT2D eigenvalue weighted by atomic mass is 10.2. The van der Waals surface area contributed by atoms with Crippen LogP contribution in [-0.4, -0.2) is 9.78 Å². The van der Waals surface area contributed by atoms with Crippen LogP contribution in [0, 0.1) is 0 Å². The first-order valence-electron chi connectivity index (χ1n) is 5.54. The Balaban J connectivity index is 2.01. The summed E-state index contributed by atoms with van der Waals surface area (Å²) in [5.74, 6) is 0.634. The zero-order valence-electron chi connectivity index (χ0n) is 9.64. The van der Waals surface area contributed by atoms with Gasteiger partial charge in [0.1, 0.15) is 22.9 Å². The van der Waals surface area contributed by atoms with Crippen molar-refractivity contribution in [2.45, 2.75) is 6.54 Å². The first kappa shape index (κ1) is 12.3. The van der Waals surface area contributed by atoms with Crippen molar-refractivity contribution in [2.75, 3.05) is 0 Å². The molecule has 2 aromatic heterocycles. The number of hydrogen-bond acceptors (Lipinski definition) is 3. The summed E-state index contributed by atoms with van der Waals surface area (Å²) in [6, 6.07) is 9.48. The van der Waals surface area contributed by atoms with Crippen LogP contribution in [0.15, 0.2) is 45.7 Å². The SMILES string of the molecule is O=c1c(Cl)c(Cl)cnn1Cc1cc2ccccc2o1. The van der Waals surface area contributed by atoms with Crippen LogP contribution in [0.25, 0.3) is 11.0 Å². The minimum atomic E-state index is -0.436. The fourth-order valence-corrected chi connectivity index (χ4v) is 2.09. The van der Waals surface area contributed by atoms with Crippen molar-refractivity contribution in [3.63, 3.8) is 0 Å². The highest BCUT2D eigenvalue weighted by Crippen LogP contribution is 2.20. The molecule has 19 heavy (non-hydrogen) atoms. The van der Waals surface area contributed by atoms with E-state index in [-0.39, 0.29) is 16.6 Å². The molecular weight excluding hydrogens is 287 g/mol. The highest BCUT2D eigenvalue weighted by atomic mass is 35.5. The Morgan fingerprint density at radius 2 is 2.05 bits per heavy atom. The highest BCUT2D eigenvalue weighted by molar-refractivity contribution is 6.41. The van der Waals surface area contributed by atoms with Crippen LogP contribution in [0.5, 0.6) is 0 Å². The largest absolute Gasteiger partial charge is 0.459 e. The van der Waals surface area contributed by atoms with E-state index in [9.17, 15) is 4.79 Å². The van der Waals surface area contributed by atoms with E-state index in [4.69, 9.17) is 27.6 Å². The molecule has 0 bridgehead atoms. The summed E-state index contributed by atoms with van der Waals surface area (Å²) < 4.78 is 6.84. The maximum absolute atomic E-state index is 11.9. The van der Waals surface area contributed by atoms with Crippen molar-refractivity contribution in [1.29, 1.82) is 0 Å². The second-order valence-corrected chi connectivity index (χ2v) is 4.80. The van der Waals surface area contributed by atoms with Crippen LogP contribution in [0.4, 0.5) is 0 Å². The molecule has 4 nitrogen and oxygen atoms in total. The molecule has 0 radical (unpaired) electrons. The zero-order valence-corrected chi connectivity index (χ0v) is 11.1. The van der Waals surface area contributed by atoms with E-state index in [2.05, 4.69) is 5.10 Å². The quantitative estimate of drug-likeness (QED) is 0.728. The Morgan fingerprint density at radius 1 is 1.26 bits per heavy atom. The van der Waals surface area contributed by atoms with Gasteiger partial charge in [0.2, 0.25) is 0 Å². The van der Waals surface area contributed by atoms with Crippen LogP contribution in [0.1, 0.15) is 5.76 Å². The molecule has 0 saturated heterocycles. The van der Waals surface area contributed by atoms with E-state index in [1.165, 1.54) is 10.9 Å². The molecule has 0 atom stereocenters. The monoisotopic (exact) mass is 294 g/mol. The lowest BCUT2D eigenvalue weighted by molar-refractivity contribution is 0.498. The van der Waals surface area contributed by atoms with E-state index < -0.39 is 5.56 Å². The molecule has 3 aromatic rings. The molecule has 0 saturated carbocycles. The number of para-hydroxylation sites is 1. The smallest absolute Gasteiger partial charge is 0.287 e. The van der Waals surface area contributed by atoms with Gasteiger partial charge in [-0.3, -0.25) is 4.79 Å². The predicted molar refractivity (Wildman–Crippen MR) is 73.8 cm³/mol. The Labute approximate surface area is 118 Å². The molecule has 1 aromatic carbocycles. The molecule has 0 spiro atoms. The number of hydrogen-bond donors (Lipinski definition) is 0. The third kappa shape index (κ3) is 2.25. The average Bonchev–Trinajstić information content (AvgIpc) is 2.82. The molecule has 0 aliphatic heterocycles. The fourth-order valence-electron chi connectivity index (χ4n) is 1.82. The van der Waals surface area contributed by atoms with E-state index in [1.54, 1.807) is 0 Å². The summed E-state index contributed by atoms with van der Waals surface area (Å²) in [5, 5.41) is 5.02. The molecule has 96 valence electrons. The highest BCUT2D eigenvalue weighted by Gasteiger charge is 2.10. The maximum Gasteiger partial charge on any atom is 0.287 e. The Hall–Kier alpha value is -1.78. The van der Waals surface area contributed by atoms with Crippen LogP contribution in [-0.2, 0) is 6.54 Å². The van der Waals surface area contributed by atoms with Crippen LogP contribution in [0.2, 0.25) is 10.0 Å². The standard InChI is InChI=1S/C13H8Cl2N2O2/c14-10-6-16-17(13(18)12(10)15)7-9-5-8-3-1-2-4-11(8)19-9/h1-6H,7H2. The first-order chi connectivity index (χ1) is 9.15. The third-order valence-electron chi connectivity index (χ3n) is 2.72. The predicted octanol–water partition coefficient (Wildman–Crippen LogP) is 3.34. The van der Waals surface area contributed by atoms with Crippen molar-refractivity contribution in [2.24, 2.45) is 0 Å². The molecule has 3 rings (SSSR count). The number of halogens is 2. The van der Waals surface area contributed by atoms with Gasteiger partial charge in [0.15, 0.2) is 0 Å². The molecule has 0 fully saturated rings. The molecule has 0 amide bonds. The Bertz CT molecular complexity index is 775. The van der Waals surface area contributed by atoms with Gasteiger partial charge in [-0.05, 0) is 12.1 Å². The van der Waals surface area contributed by atoms with Crippen molar-refractivity contribution in [3.05, 3.63) is 62.7 Å². The van der Waals surface area contributed by atoms with Gasteiger partial charge < -0.3 is 4.42 Å². The van der Waals surface area contributed by atoms with E-state index in [0.717, 1.165) is 11.0 Å². The average molecular weight is 295 g/mol. The zero-order chi connectivity index (χ0) is 13.4. The summed E-state index contributed by atoms with van der Waals surface area (Å²) in [5.41, 5.74) is 0.334. The number of rotatable bonds is 2. The van der Waals surface area contributed by atoms with Gasteiger partial charge in [-0.15, -0.1) is 0 Å². The summed E-state index contributed by atoms with van der Waals surface area (Å²) >= 11 is 11.5. The normalized spacial score (nSPS) is 11.1. The van der Waals surface area contributed by atoms with Crippen molar-refractivity contribution < 1.29 is 4.42 Å². The maximum atomic E-state index is 11.9. The summed E-state index contributed by atoms with van der Waals surface area (Å²) in [6.07, 6.45) is 1.34. The number of aromatic nitrogens is 2. The van der Waals surface area contributed by atoms with Gasteiger partial charge in [0.05, 0.1) is 11.2 Å². The number of fused-ring (bicyclic) bond motifs is 1. The van der Waals surface area contributed by atoms with Gasteiger partial charge >= 0.3 is 0 Å². The van der Waals surface area contributed by atoms with Crippen molar-refractivity contribution >= 4 is 34.2 Å². The van der Waals surface area contributed by atoms with E-state index >= 15 is 0 Å². The second kappa shape index (κ2) is 4.72. The lowest BCUT2D eigenvalue weighted by Crippen LogP contribution is -2.23. The molecule has 2 heterocycles. The van der Waals surface area contributed by atoms with E-state index in [1.807, 2.05) is 30.3 Å². The number of benzene rings is 1. The number of nitrogens with zero attached hydrogens (tertiary/aromatic N) is 2. The first-order valence-corrected chi connectivity index (χ1v) is 6.29. The minimum Gasteiger partial charge on any atom is -0.459 e. The molecule has 0 unspecified atom stereocenters. The topological polar surface area (TPSA) is 48.0 Å². The molecule has 0 N–H and O–H groups in total. The van der Waals surface area contributed by atoms with Crippen LogP contribution >= 0.6 is 23.2 Å². The van der Waals surface area contributed by atoms with Gasteiger partial charge in [-0.1, -0.05) is 41.4 Å². The van der Waals surface area contributed by atoms with Gasteiger partial charge in [0.25, 0.3) is 5.56 Å². The summed E-state index contributed by atoms with van der Waals surface area (Å²) in [7, 11) is 0. The third-order valence-corrected chi connectivity index (χ3v) is 3.47. The van der Waals surface area contributed by atoms with Crippen LogP contribution in [0.3, 0.4) is 0 Å². The molecule has 0 aliphatic carbocycles. The Kier molecular flexibility index (Phi) is 3.05. The fraction of sp³-hybridized carbons (Fsp3) is 0.0769.